The second-order valence-electron chi connectivity index (χ2n) is 5.41. The minimum atomic E-state index is -1.23. The number of carbonyl (C=O) groups is 3. The van der Waals surface area contributed by atoms with Crippen LogP contribution in [0.4, 0.5) is 0 Å². The van der Waals surface area contributed by atoms with Gasteiger partial charge in [0.2, 0.25) is 0 Å². The molecule has 1 aliphatic carbocycles. The van der Waals surface area contributed by atoms with Gasteiger partial charge in [0.05, 0.1) is 11.1 Å². The summed E-state index contributed by atoms with van der Waals surface area (Å²) in [6.45, 7) is 4.19. The fraction of sp³-hybridized carbons (Fsp3) is 0.438. The maximum absolute atomic E-state index is 11.0. The Kier molecular flexibility index (Phi) is 6.09. The minimum Gasteiger partial charge on any atom is -0.478 e. The largest absolute Gasteiger partial charge is 0.478 e. The van der Waals surface area contributed by atoms with Crippen LogP contribution in [0.15, 0.2) is 24.3 Å². The molecule has 1 fully saturated rings. The van der Waals surface area contributed by atoms with Crippen molar-refractivity contribution >= 4 is 17.7 Å². The Labute approximate surface area is 123 Å². The molecule has 114 valence electrons. The van der Waals surface area contributed by atoms with Gasteiger partial charge in [-0.25, -0.2) is 9.59 Å². The first-order valence-corrected chi connectivity index (χ1v) is 6.91. The first kappa shape index (κ1) is 16.9. The molecule has 1 aliphatic rings. The lowest BCUT2D eigenvalue weighted by Gasteiger charge is -2.21. The van der Waals surface area contributed by atoms with Crippen LogP contribution in [0, 0.1) is 11.8 Å². The number of hydrogen-bond donors (Lipinski definition) is 2. The van der Waals surface area contributed by atoms with Gasteiger partial charge >= 0.3 is 11.9 Å². The molecule has 2 unspecified atom stereocenters. The van der Waals surface area contributed by atoms with E-state index in [1.54, 1.807) is 0 Å². The van der Waals surface area contributed by atoms with Crippen LogP contribution in [-0.4, -0.2) is 27.9 Å². The third kappa shape index (κ3) is 5.02. The first-order chi connectivity index (χ1) is 9.82. The fourth-order valence-electron chi connectivity index (χ4n) is 2.20. The Morgan fingerprint density at radius 2 is 1.48 bits per heavy atom. The van der Waals surface area contributed by atoms with Crippen molar-refractivity contribution in [2.24, 2.45) is 11.8 Å². The van der Waals surface area contributed by atoms with Gasteiger partial charge in [-0.05, 0) is 30.9 Å². The summed E-state index contributed by atoms with van der Waals surface area (Å²) in [6, 6.07) is 5.48. The molecule has 2 rings (SSSR count). The zero-order chi connectivity index (χ0) is 16.0. The standard InChI is InChI=1S/C8H6O4.C8H14O/c9-7(10)5-3-1-2-4-6(5)8(11)12;1-6-3-4-7(2)8(9)5-6/h1-4H,(H,9,10)(H,11,12);6-7H,3-5H2,1-2H3. The smallest absolute Gasteiger partial charge is 0.336 e. The van der Waals surface area contributed by atoms with E-state index in [2.05, 4.69) is 6.92 Å². The lowest BCUT2D eigenvalue weighted by atomic mass is 9.83. The molecule has 1 aromatic rings. The van der Waals surface area contributed by atoms with E-state index in [9.17, 15) is 14.4 Å². The van der Waals surface area contributed by atoms with Gasteiger partial charge in [0.1, 0.15) is 5.78 Å². The zero-order valence-electron chi connectivity index (χ0n) is 12.2. The molecular formula is C16H20O5. The van der Waals surface area contributed by atoms with Gasteiger partial charge in [-0.2, -0.15) is 0 Å². The number of rotatable bonds is 2. The average Bonchev–Trinajstić information content (AvgIpc) is 2.44. The minimum absolute atomic E-state index is 0.190. The van der Waals surface area contributed by atoms with E-state index in [1.165, 1.54) is 30.7 Å². The summed E-state index contributed by atoms with van der Waals surface area (Å²) in [4.78, 5) is 31.9. The van der Waals surface area contributed by atoms with E-state index in [0.29, 0.717) is 17.6 Å². The summed E-state index contributed by atoms with van der Waals surface area (Å²) in [6.07, 6.45) is 3.17. The van der Waals surface area contributed by atoms with Crippen LogP contribution in [0.3, 0.4) is 0 Å². The molecule has 0 spiro atoms. The normalized spacial score (nSPS) is 21.1. The zero-order valence-corrected chi connectivity index (χ0v) is 12.2. The molecule has 0 saturated heterocycles. The van der Waals surface area contributed by atoms with Crippen LogP contribution in [0.2, 0.25) is 0 Å². The number of carbonyl (C=O) groups excluding carboxylic acids is 1. The number of aromatic carboxylic acids is 2. The molecule has 1 saturated carbocycles. The van der Waals surface area contributed by atoms with Gasteiger partial charge in [0.25, 0.3) is 0 Å². The quantitative estimate of drug-likeness (QED) is 0.873. The monoisotopic (exact) mass is 292 g/mol. The van der Waals surface area contributed by atoms with Crippen molar-refractivity contribution < 1.29 is 24.6 Å². The Balaban J connectivity index is 0.000000219. The molecule has 0 heterocycles. The highest BCUT2D eigenvalue weighted by Crippen LogP contribution is 2.24. The van der Waals surface area contributed by atoms with E-state index < -0.39 is 11.9 Å². The Morgan fingerprint density at radius 1 is 1.00 bits per heavy atom. The van der Waals surface area contributed by atoms with Gasteiger partial charge in [-0.3, -0.25) is 4.79 Å². The lowest BCUT2D eigenvalue weighted by molar-refractivity contribution is -0.125. The molecule has 1 aromatic carbocycles. The highest BCUT2D eigenvalue weighted by molar-refractivity contribution is 6.01. The molecule has 5 heteroatoms. The molecular weight excluding hydrogens is 272 g/mol. The lowest BCUT2D eigenvalue weighted by Crippen LogP contribution is -2.20. The van der Waals surface area contributed by atoms with Crippen LogP contribution in [0.5, 0.6) is 0 Å². The van der Waals surface area contributed by atoms with Gasteiger partial charge in [0, 0.05) is 12.3 Å². The van der Waals surface area contributed by atoms with Crippen molar-refractivity contribution in [2.45, 2.75) is 33.1 Å². The number of carboxylic acid groups (broad SMARTS) is 2. The molecule has 5 nitrogen and oxygen atoms in total. The molecule has 0 aromatic heterocycles. The summed E-state index contributed by atoms with van der Waals surface area (Å²) in [5.41, 5.74) is -0.380. The number of ketones is 1. The van der Waals surface area contributed by atoms with Gasteiger partial charge in [-0.15, -0.1) is 0 Å². The highest BCUT2D eigenvalue weighted by atomic mass is 16.4. The molecule has 0 bridgehead atoms. The fourth-order valence-corrected chi connectivity index (χ4v) is 2.20. The number of hydrogen-bond acceptors (Lipinski definition) is 3. The SMILES string of the molecule is CC1CCC(C)C(=O)C1.O=C(O)c1ccccc1C(=O)O. The van der Waals surface area contributed by atoms with Crippen molar-refractivity contribution in [3.05, 3.63) is 35.4 Å². The van der Waals surface area contributed by atoms with Crippen molar-refractivity contribution in [3.8, 4) is 0 Å². The van der Waals surface area contributed by atoms with Crippen molar-refractivity contribution in [1.82, 2.24) is 0 Å². The van der Waals surface area contributed by atoms with E-state index in [1.807, 2.05) is 6.92 Å². The second kappa shape index (κ2) is 7.57. The van der Waals surface area contributed by atoms with Crippen LogP contribution < -0.4 is 0 Å². The molecule has 2 N–H and O–H groups in total. The summed E-state index contributed by atoms with van der Waals surface area (Å²) >= 11 is 0. The molecule has 2 atom stereocenters. The molecule has 0 aliphatic heterocycles. The second-order valence-corrected chi connectivity index (χ2v) is 5.41. The highest BCUT2D eigenvalue weighted by Gasteiger charge is 2.21. The maximum Gasteiger partial charge on any atom is 0.336 e. The van der Waals surface area contributed by atoms with Crippen LogP contribution in [0.25, 0.3) is 0 Å². The van der Waals surface area contributed by atoms with Gasteiger partial charge < -0.3 is 10.2 Å². The number of carboxylic acids is 2. The summed E-state index contributed by atoms with van der Waals surface area (Å²) in [7, 11) is 0. The van der Waals surface area contributed by atoms with E-state index in [0.717, 1.165) is 12.8 Å². The summed E-state index contributed by atoms with van der Waals surface area (Å²) in [5.74, 6) is -0.996. The third-order valence-corrected chi connectivity index (χ3v) is 3.58. The molecule has 0 amide bonds. The Hall–Kier alpha value is -2.17. The first-order valence-electron chi connectivity index (χ1n) is 6.91. The predicted molar refractivity (Wildman–Crippen MR) is 77.5 cm³/mol. The van der Waals surface area contributed by atoms with Crippen LogP contribution in [0.1, 0.15) is 53.8 Å². The topological polar surface area (TPSA) is 91.7 Å². The third-order valence-electron chi connectivity index (χ3n) is 3.58. The molecule has 21 heavy (non-hydrogen) atoms. The van der Waals surface area contributed by atoms with Gasteiger partial charge in [0.15, 0.2) is 0 Å². The average molecular weight is 292 g/mol. The van der Waals surface area contributed by atoms with Gasteiger partial charge in [-0.1, -0.05) is 26.0 Å². The summed E-state index contributed by atoms with van der Waals surface area (Å²) in [5, 5.41) is 17.1. The van der Waals surface area contributed by atoms with Crippen LogP contribution >= 0.6 is 0 Å². The van der Waals surface area contributed by atoms with Crippen molar-refractivity contribution in [3.63, 3.8) is 0 Å². The predicted octanol–water partition coefficient (Wildman–Crippen LogP) is 3.09. The van der Waals surface area contributed by atoms with Crippen molar-refractivity contribution in [1.29, 1.82) is 0 Å². The number of Topliss-reactive ketones (excluding diaryl/α,β-unsaturated/α-hetero) is 1. The molecule has 0 radical (unpaired) electrons. The van der Waals surface area contributed by atoms with E-state index in [-0.39, 0.29) is 11.1 Å². The maximum atomic E-state index is 11.0. The Morgan fingerprint density at radius 3 is 1.81 bits per heavy atom. The Bertz CT molecular complexity index is 502. The van der Waals surface area contributed by atoms with E-state index in [4.69, 9.17) is 10.2 Å². The summed E-state index contributed by atoms with van der Waals surface area (Å²) < 4.78 is 0. The number of benzene rings is 1. The van der Waals surface area contributed by atoms with Crippen LogP contribution in [-0.2, 0) is 4.79 Å². The van der Waals surface area contributed by atoms with E-state index >= 15 is 0 Å². The van der Waals surface area contributed by atoms with Crippen molar-refractivity contribution in [2.75, 3.05) is 0 Å².